The van der Waals surface area contributed by atoms with Crippen molar-refractivity contribution in [3.63, 3.8) is 0 Å². The lowest BCUT2D eigenvalue weighted by atomic mass is 9.73. The average Bonchev–Trinajstić information content (AvgIpc) is 2.27. The Labute approximate surface area is 109 Å². The van der Waals surface area contributed by atoms with Crippen molar-refractivity contribution < 1.29 is 9.53 Å². The minimum absolute atomic E-state index is 0. The van der Waals surface area contributed by atoms with Gasteiger partial charge in [-0.3, -0.25) is 0 Å². The zero-order valence-electron chi connectivity index (χ0n) is 10.5. The van der Waals surface area contributed by atoms with E-state index in [1.807, 2.05) is 4.90 Å². The Morgan fingerprint density at radius 2 is 2.00 bits per heavy atom. The predicted molar refractivity (Wildman–Crippen MR) is 69.6 cm³/mol. The fraction of sp³-hybridized carbons (Fsp3) is 0.917. The number of carbonyl (C=O) groups is 1. The number of nitrogens with zero attached hydrogens (tertiary/aromatic N) is 1. The molecule has 0 unspecified atom stereocenters. The summed E-state index contributed by atoms with van der Waals surface area (Å²) >= 11 is 0. The molecule has 1 amide bonds. The predicted octanol–water partition coefficient (Wildman–Crippen LogP) is 2.03. The summed E-state index contributed by atoms with van der Waals surface area (Å²) in [5.41, 5.74) is 0.500. The molecule has 0 aromatic rings. The third kappa shape index (κ3) is 3.49. The Hall–Kier alpha value is -0.480. The van der Waals surface area contributed by atoms with Crippen LogP contribution in [0.25, 0.3) is 0 Å². The maximum Gasteiger partial charge on any atom is 0.409 e. The number of unbranched alkanes of at least 4 members (excludes halogenated alkanes) is 1. The van der Waals surface area contributed by atoms with Crippen LogP contribution >= 0.6 is 12.4 Å². The molecule has 0 bridgehead atoms. The van der Waals surface area contributed by atoms with Crippen LogP contribution in [0.4, 0.5) is 4.79 Å². The van der Waals surface area contributed by atoms with Gasteiger partial charge in [-0.05, 0) is 24.7 Å². The summed E-state index contributed by atoms with van der Waals surface area (Å²) in [6.07, 6.45) is 4.18. The van der Waals surface area contributed by atoms with E-state index in [9.17, 15) is 4.79 Å². The number of piperidine rings is 1. The maximum atomic E-state index is 11.7. The zero-order valence-corrected chi connectivity index (χ0v) is 11.4. The van der Waals surface area contributed by atoms with Crippen LogP contribution in [0.1, 0.15) is 32.6 Å². The van der Waals surface area contributed by atoms with Crippen molar-refractivity contribution in [3.8, 4) is 0 Å². The van der Waals surface area contributed by atoms with Gasteiger partial charge in [0.1, 0.15) is 0 Å². The lowest BCUT2D eigenvalue weighted by Crippen LogP contribution is -2.58. The number of hydrogen-bond acceptors (Lipinski definition) is 3. The molecule has 2 saturated heterocycles. The fourth-order valence-electron chi connectivity index (χ4n) is 2.39. The van der Waals surface area contributed by atoms with Gasteiger partial charge in [-0.15, -0.1) is 12.4 Å². The van der Waals surface area contributed by atoms with E-state index in [4.69, 9.17) is 4.74 Å². The number of carbonyl (C=O) groups excluding carboxylic acids is 1. The first-order valence-electron chi connectivity index (χ1n) is 6.38. The number of likely N-dealkylation sites (tertiary alicyclic amines) is 1. The number of halogens is 1. The van der Waals surface area contributed by atoms with Gasteiger partial charge in [-0.25, -0.2) is 4.79 Å². The molecule has 100 valence electrons. The van der Waals surface area contributed by atoms with Gasteiger partial charge in [0.05, 0.1) is 6.61 Å². The smallest absolute Gasteiger partial charge is 0.409 e. The van der Waals surface area contributed by atoms with Crippen molar-refractivity contribution in [3.05, 3.63) is 0 Å². The lowest BCUT2D eigenvalue weighted by molar-refractivity contribution is 0.0406. The SMILES string of the molecule is CCCCOC(=O)N1CCC2(CC1)CNC2.Cl. The molecular weight excluding hydrogens is 240 g/mol. The molecule has 1 spiro atoms. The zero-order chi connectivity index (χ0) is 11.4. The number of hydrogen-bond donors (Lipinski definition) is 1. The van der Waals surface area contributed by atoms with Gasteiger partial charge in [-0.1, -0.05) is 13.3 Å². The second kappa shape index (κ2) is 6.45. The molecule has 2 rings (SSSR count). The second-order valence-electron chi connectivity index (χ2n) is 5.06. The Morgan fingerprint density at radius 3 is 2.47 bits per heavy atom. The summed E-state index contributed by atoms with van der Waals surface area (Å²) in [7, 11) is 0. The minimum atomic E-state index is -0.115. The molecule has 2 aliphatic rings. The molecule has 2 fully saturated rings. The minimum Gasteiger partial charge on any atom is -0.449 e. The van der Waals surface area contributed by atoms with Crippen molar-refractivity contribution in [1.29, 1.82) is 0 Å². The lowest BCUT2D eigenvalue weighted by Gasteiger charge is -2.48. The van der Waals surface area contributed by atoms with Gasteiger partial charge in [0.15, 0.2) is 0 Å². The summed E-state index contributed by atoms with van der Waals surface area (Å²) < 4.78 is 5.21. The van der Waals surface area contributed by atoms with E-state index in [1.54, 1.807) is 0 Å². The van der Waals surface area contributed by atoms with Gasteiger partial charge in [-0.2, -0.15) is 0 Å². The first-order valence-corrected chi connectivity index (χ1v) is 6.38. The van der Waals surface area contributed by atoms with Crippen LogP contribution in [0.15, 0.2) is 0 Å². The summed E-state index contributed by atoms with van der Waals surface area (Å²) in [6.45, 7) is 6.66. The van der Waals surface area contributed by atoms with Gasteiger partial charge in [0, 0.05) is 26.2 Å². The van der Waals surface area contributed by atoms with E-state index >= 15 is 0 Å². The fourth-order valence-corrected chi connectivity index (χ4v) is 2.39. The highest BCUT2D eigenvalue weighted by Gasteiger charge is 2.40. The van der Waals surface area contributed by atoms with Crippen LogP contribution in [-0.4, -0.2) is 43.8 Å². The molecule has 4 nitrogen and oxygen atoms in total. The monoisotopic (exact) mass is 262 g/mol. The van der Waals surface area contributed by atoms with Gasteiger partial charge in [0.25, 0.3) is 0 Å². The third-order valence-electron chi connectivity index (χ3n) is 3.81. The van der Waals surface area contributed by atoms with Crippen LogP contribution in [0.2, 0.25) is 0 Å². The van der Waals surface area contributed by atoms with Crippen molar-refractivity contribution in [1.82, 2.24) is 10.2 Å². The maximum absolute atomic E-state index is 11.7. The van der Waals surface area contributed by atoms with Crippen molar-refractivity contribution in [2.24, 2.45) is 5.41 Å². The molecule has 1 N–H and O–H groups in total. The van der Waals surface area contributed by atoms with Crippen LogP contribution in [0.5, 0.6) is 0 Å². The average molecular weight is 263 g/mol. The molecule has 5 heteroatoms. The summed E-state index contributed by atoms with van der Waals surface area (Å²) in [4.78, 5) is 13.5. The Bertz CT molecular complexity index is 247. The topological polar surface area (TPSA) is 41.6 Å². The molecule has 0 aromatic carbocycles. The molecule has 0 atom stereocenters. The molecular formula is C12H23ClN2O2. The number of ether oxygens (including phenoxy) is 1. The molecule has 0 saturated carbocycles. The second-order valence-corrected chi connectivity index (χ2v) is 5.06. The summed E-state index contributed by atoms with van der Waals surface area (Å²) in [5.74, 6) is 0. The molecule has 2 aliphatic heterocycles. The summed E-state index contributed by atoms with van der Waals surface area (Å²) in [5, 5.41) is 3.32. The standard InChI is InChI=1S/C12H22N2O2.ClH/c1-2-3-8-16-11(15)14-6-4-12(5-7-14)9-13-10-12;/h13H,2-10H2,1H3;1H. The van der Waals surface area contributed by atoms with E-state index in [0.717, 1.165) is 51.9 Å². The van der Waals surface area contributed by atoms with E-state index < -0.39 is 0 Å². The van der Waals surface area contributed by atoms with Gasteiger partial charge < -0.3 is 15.0 Å². The van der Waals surface area contributed by atoms with Crippen LogP contribution in [0, 0.1) is 5.41 Å². The van der Waals surface area contributed by atoms with E-state index in [1.165, 1.54) is 0 Å². The molecule has 17 heavy (non-hydrogen) atoms. The van der Waals surface area contributed by atoms with Crippen LogP contribution < -0.4 is 5.32 Å². The van der Waals surface area contributed by atoms with Crippen LogP contribution in [-0.2, 0) is 4.74 Å². The largest absolute Gasteiger partial charge is 0.449 e. The van der Waals surface area contributed by atoms with E-state index in [2.05, 4.69) is 12.2 Å². The number of nitrogens with one attached hydrogen (secondary N) is 1. The van der Waals surface area contributed by atoms with E-state index in [-0.39, 0.29) is 18.5 Å². The molecule has 2 heterocycles. The highest BCUT2D eigenvalue weighted by molar-refractivity contribution is 5.85. The quantitative estimate of drug-likeness (QED) is 0.792. The van der Waals surface area contributed by atoms with Crippen LogP contribution in [0.3, 0.4) is 0 Å². The van der Waals surface area contributed by atoms with Crippen molar-refractivity contribution in [2.45, 2.75) is 32.6 Å². The molecule has 0 radical (unpaired) electrons. The Morgan fingerprint density at radius 1 is 1.35 bits per heavy atom. The highest BCUT2D eigenvalue weighted by Crippen LogP contribution is 2.34. The first kappa shape index (κ1) is 14.6. The third-order valence-corrected chi connectivity index (χ3v) is 3.81. The Balaban J connectivity index is 0.00000144. The van der Waals surface area contributed by atoms with Crippen molar-refractivity contribution >= 4 is 18.5 Å². The summed E-state index contributed by atoms with van der Waals surface area (Å²) in [6, 6.07) is 0. The van der Waals surface area contributed by atoms with Gasteiger partial charge >= 0.3 is 6.09 Å². The highest BCUT2D eigenvalue weighted by atomic mass is 35.5. The number of amides is 1. The van der Waals surface area contributed by atoms with E-state index in [0.29, 0.717) is 12.0 Å². The molecule has 0 aromatic heterocycles. The molecule has 0 aliphatic carbocycles. The Kier molecular flexibility index (Phi) is 5.53. The van der Waals surface area contributed by atoms with Crippen molar-refractivity contribution in [2.75, 3.05) is 32.8 Å². The normalized spacial score (nSPS) is 21.6. The van der Waals surface area contributed by atoms with Gasteiger partial charge in [0.2, 0.25) is 0 Å². The number of rotatable bonds is 3. The first-order chi connectivity index (χ1) is 7.76.